The number of hydrogen-bond donors (Lipinski definition) is 0. The number of carbonyl (C=O) groups is 1. The summed E-state index contributed by atoms with van der Waals surface area (Å²) in [5.74, 6) is 2.08. The van der Waals surface area contributed by atoms with E-state index in [0.717, 1.165) is 5.69 Å². The summed E-state index contributed by atoms with van der Waals surface area (Å²) in [7, 11) is 0. The second-order valence-electron chi connectivity index (χ2n) is 6.39. The van der Waals surface area contributed by atoms with Gasteiger partial charge in [-0.05, 0) is 25.1 Å². The molecule has 30 heavy (non-hydrogen) atoms. The standard InChI is InChI=1S/C21H15N5O3S/c1-3-11-24-18-10-9-16(26(28)29)12-19(18)30-21(24)23-20(27)17-13-22-25(14(17)2)15-7-5-4-6-8-15/h1,4-10,12-13H,11H2,2H3. The van der Waals surface area contributed by atoms with Gasteiger partial charge in [-0.15, -0.1) is 6.42 Å². The van der Waals surface area contributed by atoms with Gasteiger partial charge in [0.05, 0.1) is 44.8 Å². The minimum Gasteiger partial charge on any atom is -0.305 e. The fraction of sp³-hybridized carbons (Fsp3) is 0.0952. The maximum Gasteiger partial charge on any atom is 0.283 e. The number of terminal acetylenes is 1. The maximum absolute atomic E-state index is 12.9. The normalized spacial score (nSPS) is 11.5. The van der Waals surface area contributed by atoms with Crippen LogP contribution in [-0.2, 0) is 6.54 Å². The van der Waals surface area contributed by atoms with E-state index in [0.29, 0.717) is 26.3 Å². The quantitative estimate of drug-likeness (QED) is 0.289. The third-order valence-electron chi connectivity index (χ3n) is 4.56. The van der Waals surface area contributed by atoms with Gasteiger partial charge < -0.3 is 4.57 Å². The Labute approximate surface area is 174 Å². The van der Waals surface area contributed by atoms with Gasteiger partial charge in [0, 0.05) is 12.1 Å². The third kappa shape index (κ3) is 3.40. The number of nitro groups is 1. The zero-order valence-electron chi connectivity index (χ0n) is 15.8. The van der Waals surface area contributed by atoms with Crippen molar-refractivity contribution in [2.75, 3.05) is 0 Å². The number of non-ortho nitro benzene ring substituents is 1. The maximum atomic E-state index is 12.9. The third-order valence-corrected chi connectivity index (χ3v) is 5.61. The highest BCUT2D eigenvalue weighted by atomic mass is 32.1. The van der Waals surface area contributed by atoms with E-state index in [1.807, 2.05) is 30.3 Å². The van der Waals surface area contributed by atoms with Crippen LogP contribution in [0.5, 0.6) is 0 Å². The van der Waals surface area contributed by atoms with E-state index in [2.05, 4.69) is 16.0 Å². The number of hydrogen-bond acceptors (Lipinski definition) is 5. The molecule has 0 aliphatic carbocycles. The molecule has 9 heteroatoms. The van der Waals surface area contributed by atoms with E-state index >= 15 is 0 Å². The summed E-state index contributed by atoms with van der Waals surface area (Å²) in [6.07, 6.45) is 6.96. The first-order valence-corrected chi connectivity index (χ1v) is 9.71. The molecular formula is C21H15N5O3S. The Morgan fingerprint density at radius 2 is 2.07 bits per heavy atom. The van der Waals surface area contributed by atoms with Crippen molar-refractivity contribution in [3.8, 4) is 18.0 Å². The summed E-state index contributed by atoms with van der Waals surface area (Å²) >= 11 is 1.18. The molecule has 1 amide bonds. The predicted octanol–water partition coefficient (Wildman–Crippen LogP) is 3.48. The smallest absolute Gasteiger partial charge is 0.283 e. The molecule has 8 nitrogen and oxygen atoms in total. The van der Waals surface area contributed by atoms with Crippen LogP contribution in [0.15, 0.2) is 59.7 Å². The zero-order valence-corrected chi connectivity index (χ0v) is 16.7. The lowest BCUT2D eigenvalue weighted by Gasteiger charge is -2.04. The largest absolute Gasteiger partial charge is 0.305 e. The average Bonchev–Trinajstić information content (AvgIpc) is 3.29. The van der Waals surface area contributed by atoms with E-state index in [1.54, 1.807) is 22.2 Å². The Bertz CT molecular complexity index is 1390. The molecule has 4 aromatic rings. The molecule has 0 unspecified atom stereocenters. The van der Waals surface area contributed by atoms with Crippen LogP contribution in [0.2, 0.25) is 0 Å². The van der Waals surface area contributed by atoms with Gasteiger partial charge in [0.15, 0.2) is 4.80 Å². The number of fused-ring (bicyclic) bond motifs is 1. The lowest BCUT2D eigenvalue weighted by Crippen LogP contribution is -2.16. The van der Waals surface area contributed by atoms with Crippen molar-refractivity contribution >= 4 is 33.1 Å². The molecule has 2 aromatic heterocycles. The number of thiazole rings is 1. The van der Waals surface area contributed by atoms with Crippen LogP contribution in [0.1, 0.15) is 16.1 Å². The number of benzene rings is 2. The van der Waals surface area contributed by atoms with Crippen molar-refractivity contribution in [1.29, 1.82) is 0 Å². The van der Waals surface area contributed by atoms with Gasteiger partial charge in [0.2, 0.25) is 0 Å². The molecule has 4 rings (SSSR count). The number of carbonyl (C=O) groups excluding carboxylic acids is 1. The van der Waals surface area contributed by atoms with Crippen molar-refractivity contribution < 1.29 is 9.72 Å². The number of nitro benzene ring substituents is 1. The molecule has 148 valence electrons. The van der Waals surface area contributed by atoms with Crippen LogP contribution in [0.4, 0.5) is 5.69 Å². The van der Waals surface area contributed by atoms with Crippen LogP contribution < -0.4 is 4.80 Å². The first-order valence-electron chi connectivity index (χ1n) is 8.90. The molecular weight excluding hydrogens is 402 g/mol. The molecule has 0 saturated heterocycles. The molecule has 0 aliphatic rings. The molecule has 0 bridgehead atoms. The van der Waals surface area contributed by atoms with Crippen molar-refractivity contribution in [1.82, 2.24) is 14.3 Å². The Balaban J connectivity index is 1.80. The molecule has 0 fully saturated rings. The Kier molecular flexibility index (Phi) is 5.00. The van der Waals surface area contributed by atoms with E-state index < -0.39 is 10.8 Å². The molecule has 0 N–H and O–H groups in total. The lowest BCUT2D eigenvalue weighted by atomic mass is 10.2. The van der Waals surface area contributed by atoms with Crippen molar-refractivity contribution in [3.63, 3.8) is 0 Å². The predicted molar refractivity (Wildman–Crippen MR) is 113 cm³/mol. The second-order valence-corrected chi connectivity index (χ2v) is 7.40. The molecule has 2 aromatic carbocycles. The van der Waals surface area contributed by atoms with Crippen molar-refractivity contribution in [2.24, 2.45) is 4.99 Å². The number of rotatable bonds is 4. The van der Waals surface area contributed by atoms with Crippen LogP contribution in [0.3, 0.4) is 0 Å². The van der Waals surface area contributed by atoms with E-state index in [4.69, 9.17) is 6.42 Å². The second kappa shape index (κ2) is 7.77. The van der Waals surface area contributed by atoms with Gasteiger partial charge in [-0.1, -0.05) is 35.5 Å². The van der Waals surface area contributed by atoms with Gasteiger partial charge in [-0.3, -0.25) is 14.9 Å². The first kappa shape index (κ1) is 19.3. The average molecular weight is 417 g/mol. The van der Waals surface area contributed by atoms with Crippen LogP contribution in [-0.4, -0.2) is 25.2 Å². The lowest BCUT2D eigenvalue weighted by molar-refractivity contribution is -0.384. The van der Waals surface area contributed by atoms with E-state index in [-0.39, 0.29) is 12.2 Å². The minimum absolute atomic E-state index is 0.0329. The summed E-state index contributed by atoms with van der Waals surface area (Å²) in [6.45, 7) is 1.98. The molecule has 0 spiro atoms. The highest BCUT2D eigenvalue weighted by Gasteiger charge is 2.16. The highest BCUT2D eigenvalue weighted by molar-refractivity contribution is 7.16. The number of nitrogens with zero attached hydrogens (tertiary/aromatic N) is 5. The molecule has 0 radical (unpaired) electrons. The summed E-state index contributed by atoms with van der Waals surface area (Å²) in [6, 6.07) is 13.9. The SMILES string of the molecule is C#CCn1c(=NC(=O)c2cnn(-c3ccccc3)c2C)sc2cc([N+](=O)[O-])ccc21. The molecule has 0 atom stereocenters. The monoisotopic (exact) mass is 417 g/mol. The van der Waals surface area contributed by atoms with Crippen LogP contribution in [0.25, 0.3) is 15.9 Å². The molecule has 0 aliphatic heterocycles. The van der Waals surface area contributed by atoms with Gasteiger partial charge in [0.25, 0.3) is 11.6 Å². The first-order chi connectivity index (χ1) is 14.5. The van der Waals surface area contributed by atoms with Gasteiger partial charge in [-0.25, -0.2) is 4.68 Å². The highest BCUT2D eigenvalue weighted by Crippen LogP contribution is 2.23. The van der Waals surface area contributed by atoms with Gasteiger partial charge in [0.1, 0.15) is 0 Å². The Hall–Kier alpha value is -4.03. The van der Waals surface area contributed by atoms with Crippen LogP contribution >= 0.6 is 11.3 Å². The van der Waals surface area contributed by atoms with Crippen molar-refractivity contribution in [3.05, 3.63) is 80.9 Å². The van der Waals surface area contributed by atoms with Crippen LogP contribution in [0, 0.1) is 29.4 Å². The van der Waals surface area contributed by atoms with E-state index in [1.165, 1.54) is 29.7 Å². The van der Waals surface area contributed by atoms with E-state index in [9.17, 15) is 14.9 Å². The zero-order chi connectivity index (χ0) is 21.3. The summed E-state index contributed by atoms with van der Waals surface area (Å²) in [5.41, 5.74) is 2.52. The summed E-state index contributed by atoms with van der Waals surface area (Å²) in [5, 5.41) is 15.4. The van der Waals surface area contributed by atoms with Gasteiger partial charge >= 0.3 is 0 Å². The topological polar surface area (TPSA) is 95.3 Å². The summed E-state index contributed by atoms with van der Waals surface area (Å²) < 4.78 is 3.99. The van der Waals surface area contributed by atoms with Gasteiger partial charge in [-0.2, -0.15) is 10.1 Å². The molecule has 0 saturated carbocycles. The molecule has 2 heterocycles. The number of aromatic nitrogens is 3. The minimum atomic E-state index is -0.464. The number of amides is 1. The fourth-order valence-electron chi connectivity index (χ4n) is 3.10. The Morgan fingerprint density at radius 3 is 2.77 bits per heavy atom. The number of para-hydroxylation sites is 1. The fourth-order valence-corrected chi connectivity index (χ4v) is 4.16. The van der Waals surface area contributed by atoms with Crippen molar-refractivity contribution in [2.45, 2.75) is 13.5 Å². The summed E-state index contributed by atoms with van der Waals surface area (Å²) in [4.78, 5) is 28.1. The Morgan fingerprint density at radius 1 is 1.30 bits per heavy atom.